The van der Waals surface area contributed by atoms with Crippen molar-refractivity contribution in [3.63, 3.8) is 0 Å². The predicted octanol–water partition coefficient (Wildman–Crippen LogP) is 1.90. The lowest BCUT2D eigenvalue weighted by Gasteiger charge is -2.16. The van der Waals surface area contributed by atoms with Gasteiger partial charge in [0.15, 0.2) is 0 Å². The zero-order chi connectivity index (χ0) is 14.0. The largest absolute Gasteiger partial charge is 0.402 e. The van der Waals surface area contributed by atoms with Crippen molar-refractivity contribution < 1.29 is 4.79 Å². The number of nitrogens with two attached hydrogens (primary N) is 2. The quantitative estimate of drug-likeness (QED) is 0.557. The first-order valence-electron chi connectivity index (χ1n) is 6.97. The van der Waals surface area contributed by atoms with Crippen molar-refractivity contribution >= 4 is 5.91 Å². The zero-order valence-corrected chi connectivity index (χ0v) is 11.9. The number of nitrogens with one attached hydrogen (secondary N) is 1. The molecule has 0 aromatic rings. The van der Waals surface area contributed by atoms with Crippen molar-refractivity contribution in [2.45, 2.75) is 58.4 Å². The van der Waals surface area contributed by atoms with E-state index in [0.29, 0.717) is 24.6 Å². The summed E-state index contributed by atoms with van der Waals surface area (Å²) in [7, 11) is 0. The van der Waals surface area contributed by atoms with Crippen LogP contribution in [0.25, 0.3) is 0 Å². The average molecular weight is 255 g/mol. The van der Waals surface area contributed by atoms with Crippen LogP contribution in [0.1, 0.15) is 52.4 Å². The summed E-state index contributed by atoms with van der Waals surface area (Å²) in [5.41, 5.74) is 11.6. The van der Waals surface area contributed by atoms with Crippen LogP contribution in [0.5, 0.6) is 0 Å². The Morgan fingerprint density at radius 2 is 2.00 bits per heavy atom. The molecule has 0 saturated carbocycles. The summed E-state index contributed by atoms with van der Waals surface area (Å²) in [6, 6.07) is -0.571. The number of carbonyl (C=O) groups is 1. The molecule has 0 aromatic carbocycles. The highest BCUT2D eigenvalue weighted by Crippen LogP contribution is 2.15. The molecular formula is C14H29N3O. The summed E-state index contributed by atoms with van der Waals surface area (Å²) in [6.45, 7) is 8.65. The topological polar surface area (TPSA) is 81.1 Å². The minimum atomic E-state index is -0.571. The summed E-state index contributed by atoms with van der Waals surface area (Å²) in [5, 5.41) is 2.87. The molecule has 0 aromatic heterocycles. The summed E-state index contributed by atoms with van der Waals surface area (Å²) in [4.78, 5) is 11.6. The molecule has 0 saturated heterocycles. The minimum absolute atomic E-state index is 0.132. The van der Waals surface area contributed by atoms with Crippen LogP contribution in [-0.2, 0) is 4.79 Å². The second-order valence-corrected chi connectivity index (χ2v) is 4.97. The molecule has 0 bridgehead atoms. The molecule has 1 amide bonds. The monoisotopic (exact) mass is 255 g/mol. The third-order valence-corrected chi connectivity index (χ3v) is 3.21. The molecule has 0 aliphatic rings. The SMILES string of the molecule is C=C(N)CC(N)C(=O)NCCC(CC)CCCC. The van der Waals surface area contributed by atoms with Crippen LogP contribution < -0.4 is 16.8 Å². The zero-order valence-electron chi connectivity index (χ0n) is 11.9. The summed E-state index contributed by atoms with van der Waals surface area (Å²) in [6.07, 6.45) is 6.28. The number of rotatable bonds is 10. The van der Waals surface area contributed by atoms with Gasteiger partial charge in [-0.15, -0.1) is 0 Å². The number of carbonyl (C=O) groups excluding carboxylic acids is 1. The number of hydrogen-bond acceptors (Lipinski definition) is 3. The predicted molar refractivity (Wildman–Crippen MR) is 76.9 cm³/mol. The van der Waals surface area contributed by atoms with Crippen molar-refractivity contribution in [2.24, 2.45) is 17.4 Å². The highest BCUT2D eigenvalue weighted by molar-refractivity contribution is 5.81. The van der Waals surface area contributed by atoms with Gasteiger partial charge in [0.05, 0.1) is 6.04 Å². The van der Waals surface area contributed by atoms with Gasteiger partial charge in [-0.05, 0) is 12.3 Å². The highest BCUT2D eigenvalue weighted by atomic mass is 16.2. The van der Waals surface area contributed by atoms with E-state index in [4.69, 9.17) is 11.5 Å². The van der Waals surface area contributed by atoms with Gasteiger partial charge in [0.2, 0.25) is 5.91 Å². The molecule has 0 aliphatic carbocycles. The summed E-state index contributed by atoms with van der Waals surface area (Å²) < 4.78 is 0. The molecular weight excluding hydrogens is 226 g/mol. The molecule has 2 atom stereocenters. The molecule has 18 heavy (non-hydrogen) atoms. The van der Waals surface area contributed by atoms with E-state index < -0.39 is 6.04 Å². The molecule has 4 heteroatoms. The fourth-order valence-electron chi connectivity index (χ4n) is 1.95. The van der Waals surface area contributed by atoms with Gasteiger partial charge < -0.3 is 16.8 Å². The van der Waals surface area contributed by atoms with E-state index in [1.54, 1.807) is 0 Å². The molecule has 0 aliphatic heterocycles. The van der Waals surface area contributed by atoms with Crippen LogP contribution in [0, 0.1) is 5.92 Å². The van der Waals surface area contributed by atoms with E-state index in [0.717, 1.165) is 6.42 Å². The molecule has 0 fully saturated rings. The van der Waals surface area contributed by atoms with Crippen molar-refractivity contribution in [1.29, 1.82) is 0 Å². The van der Waals surface area contributed by atoms with Gasteiger partial charge in [0, 0.05) is 18.7 Å². The first-order chi connectivity index (χ1) is 8.51. The Balaban J connectivity index is 3.80. The second kappa shape index (κ2) is 9.95. The second-order valence-electron chi connectivity index (χ2n) is 4.97. The Labute approximate surface area is 111 Å². The highest BCUT2D eigenvalue weighted by Gasteiger charge is 2.13. The molecule has 0 heterocycles. The molecule has 0 spiro atoms. The third kappa shape index (κ3) is 8.12. The minimum Gasteiger partial charge on any atom is -0.402 e. The molecule has 0 radical (unpaired) electrons. The first-order valence-corrected chi connectivity index (χ1v) is 6.97. The Hall–Kier alpha value is -1.03. The normalized spacial score (nSPS) is 13.9. The van der Waals surface area contributed by atoms with Crippen LogP contribution in [-0.4, -0.2) is 18.5 Å². The lowest BCUT2D eigenvalue weighted by Crippen LogP contribution is -2.41. The van der Waals surface area contributed by atoms with E-state index in [-0.39, 0.29) is 5.91 Å². The lowest BCUT2D eigenvalue weighted by molar-refractivity contribution is -0.122. The Morgan fingerprint density at radius 3 is 2.50 bits per heavy atom. The number of unbranched alkanes of at least 4 members (excludes halogenated alkanes) is 1. The van der Waals surface area contributed by atoms with Crippen molar-refractivity contribution in [3.05, 3.63) is 12.3 Å². The van der Waals surface area contributed by atoms with Gasteiger partial charge in [-0.2, -0.15) is 0 Å². The molecule has 2 unspecified atom stereocenters. The Kier molecular flexibility index (Phi) is 9.38. The van der Waals surface area contributed by atoms with Gasteiger partial charge in [-0.3, -0.25) is 4.79 Å². The fraction of sp³-hybridized carbons (Fsp3) is 0.786. The van der Waals surface area contributed by atoms with Crippen LogP contribution in [0.2, 0.25) is 0 Å². The van der Waals surface area contributed by atoms with Gasteiger partial charge >= 0.3 is 0 Å². The smallest absolute Gasteiger partial charge is 0.237 e. The van der Waals surface area contributed by atoms with E-state index in [2.05, 4.69) is 25.7 Å². The van der Waals surface area contributed by atoms with Crippen molar-refractivity contribution in [3.8, 4) is 0 Å². The van der Waals surface area contributed by atoms with Gasteiger partial charge in [-0.25, -0.2) is 0 Å². The summed E-state index contributed by atoms with van der Waals surface area (Å²) in [5.74, 6) is 0.567. The van der Waals surface area contributed by atoms with E-state index in [9.17, 15) is 4.79 Å². The molecule has 0 rings (SSSR count). The van der Waals surface area contributed by atoms with Crippen molar-refractivity contribution in [2.75, 3.05) is 6.54 Å². The summed E-state index contributed by atoms with van der Waals surface area (Å²) >= 11 is 0. The molecule has 106 valence electrons. The average Bonchev–Trinajstić information content (AvgIpc) is 2.32. The maximum atomic E-state index is 11.6. The standard InChI is InChI=1S/C14H29N3O/c1-4-6-7-12(5-2)8-9-17-14(18)13(16)10-11(3)15/h12-13H,3-10,15-16H2,1-2H3,(H,17,18). The number of hydrogen-bond donors (Lipinski definition) is 3. The van der Waals surface area contributed by atoms with Crippen LogP contribution in [0.3, 0.4) is 0 Å². The Morgan fingerprint density at radius 1 is 1.33 bits per heavy atom. The van der Waals surface area contributed by atoms with E-state index >= 15 is 0 Å². The van der Waals surface area contributed by atoms with Crippen LogP contribution in [0.15, 0.2) is 12.3 Å². The number of amides is 1. The third-order valence-electron chi connectivity index (χ3n) is 3.21. The van der Waals surface area contributed by atoms with Crippen LogP contribution in [0.4, 0.5) is 0 Å². The van der Waals surface area contributed by atoms with Crippen LogP contribution >= 0.6 is 0 Å². The van der Waals surface area contributed by atoms with Gasteiger partial charge in [0.25, 0.3) is 0 Å². The van der Waals surface area contributed by atoms with Gasteiger partial charge in [-0.1, -0.05) is 46.1 Å². The lowest BCUT2D eigenvalue weighted by atomic mass is 9.96. The fourth-order valence-corrected chi connectivity index (χ4v) is 1.95. The first kappa shape index (κ1) is 17.0. The maximum absolute atomic E-state index is 11.6. The van der Waals surface area contributed by atoms with Gasteiger partial charge in [0.1, 0.15) is 0 Å². The molecule has 5 N–H and O–H groups in total. The molecule has 4 nitrogen and oxygen atoms in total. The Bertz CT molecular complexity index is 253. The van der Waals surface area contributed by atoms with Crippen molar-refractivity contribution in [1.82, 2.24) is 5.32 Å². The van der Waals surface area contributed by atoms with E-state index in [1.165, 1.54) is 25.7 Å². The maximum Gasteiger partial charge on any atom is 0.237 e. The van der Waals surface area contributed by atoms with E-state index in [1.807, 2.05) is 0 Å².